The van der Waals surface area contributed by atoms with E-state index in [9.17, 15) is 4.79 Å². The van der Waals surface area contributed by atoms with E-state index in [1.54, 1.807) is 4.90 Å². The molecule has 2 unspecified atom stereocenters. The Morgan fingerprint density at radius 3 is 2.92 bits per heavy atom. The van der Waals surface area contributed by atoms with Crippen molar-refractivity contribution in [3.63, 3.8) is 0 Å². The van der Waals surface area contributed by atoms with Crippen molar-refractivity contribution in [3.8, 4) is 0 Å². The average molecular weight is 373 g/mol. The van der Waals surface area contributed by atoms with Crippen LogP contribution in [-0.4, -0.2) is 34.3 Å². The molecule has 2 aliphatic heterocycles. The number of hydrogen-bond donors (Lipinski definition) is 0. The molecule has 3 nitrogen and oxygen atoms in total. The van der Waals surface area contributed by atoms with Crippen LogP contribution in [0.5, 0.6) is 0 Å². The zero-order chi connectivity index (χ0) is 17.6. The van der Waals surface area contributed by atoms with Gasteiger partial charge in [-0.25, -0.2) is 0 Å². The molecular weight excluding hydrogens is 348 g/mol. The quantitative estimate of drug-likeness (QED) is 0.561. The number of amides is 1. The molecule has 2 heterocycles. The van der Waals surface area contributed by atoms with Crippen molar-refractivity contribution in [1.29, 1.82) is 0 Å². The van der Waals surface area contributed by atoms with Crippen LogP contribution in [0.3, 0.4) is 0 Å². The summed E-state index contributed by atoms with van der Waals surface area (Å²) in [5.74, 6) is 0.726. The summed E-state index contributed by atoms with van der Waals surface area (Å²) in [5.41, 5.74) is 3.99. The summed E-state index contributed by atoms with van der Waals surface area (Å²) in [4.78, 5) is 17.6. The van der Waals surface area contributed by atoms with Crippen LogP contribution in [0.2, 0.25) is 0 Å². The maximum Gasteiger partial charge on any atom is 0.266 e. The van der Waals surface area contributed by atoms with E-state index in [1.165, 1.54) is 42.3 Å². The lowest BCUT2D eigenvalue weighted by molar-refractivity contribution is -0.122. The van der Waals surface area contributed by atoms with E-state index < -0.39 is 0 Å². The molecule has 25 heavy (non-hydrogen) atoms. The number of fused-ring (bicyclic) bond motifs is 3. The second-order valence-electron chi connectivity index (χ2n) is 7.04. The van der Waals surface area contributed by atoms with E-state index in [0.717, 1.165) is 23.4 Å². The van der Waals surface area contributed by atoms with Gasteiger partial charge in [-0.3, -0.25) is 9.69 Å². The van der Waals surface area contributed by atoms with Crippen LogP contribution >= 0.6 is 24.0 Å². The standard InChI is InChI=1S/C20H24N2OS2/c1-3-10-22-19(23)18(25-20(22)24)12-13-8-9-17-15(11-13)14-6-5-7-16(14)21(17)4-2/h8-9,11-12,14,16H,3-7,10H2,1-2H3. The van der Waals surface area contributed by atoms with Gasteiger partial charge < -0.3 is 4.90 Å². The third-order valence-corrected chi connectivity index (χ3v) is 6.98. The molecule has 1 saturated carbocycles. The normalized spacial score (nSPS) is 26.7. The molecule has 1 amide bonds. The molecule has 0 bridgehead atoms. The van der Waals surface area contributed by atoms with E-state index >= 15 is 0 Å². The molecule has 2 atom stereocenters. The maximum absolute atomic E-state index is 12.6. The van der Waals surface area contributed by atoms with Gasteiger partial charge >= 0.3 is 0 Å². The molecule has 0 radical (unpaired) electrons. The number of benzene rings is 1. The Labute approximate surface area is 159 Å². The second kappa shape index (κ2) is 6.76. The van der Waals surface area contributed by atoms with Crippen molar-refractivity contribution >= 4 is 46.0 Å². The van der Waals surface area contributed by atoms with Gasteiger partial charge in [-0.15, -0.1) is 0 Å². The summed E-state index contributed by atoms with van der Waals surface area (Å²) in [6.07, 6.45) is 6.86. The lowest BCUT2D eigenvalue weighted by Crippen LogP contribution is -2.30. The second-order valence-corrected chi connectivity index (χ2v) is 8.72. The zero-order valence-corrected chi connectivity index (χ0v) is 16.5. The molecule has 0 aromatic heterocycles. The molecule has 0 spiro atoms. The minimum Gasteiger partial charge on any atom is -0.368 e. The number of carbonyl (C=O) groups excluding carboxylic acids is 1. The summed E-state index contributed by atoms with van der Waals surface area (Å²) in [6, 6.07) is 7.38. The highest BCUT2D eigenvalue weighted by atomic mass is 32.2. The molecule has 1 aliphatic carbocycles. The SMILES string of the molecule is CCCN1C(=O)C(=Cc2ccc3c(c2)C2CCCC2N3CC)SC1=S. The summed E-state index contributed by atoms with van der Waals surface area (Å²) >= 11 is 6.80. The van der Waals surface area contributed by atoms with Crippen molar-refractivity contribution in [3.05, 3.63) is 34.2 Å². The van der Waals surface area contributed by atoms with Crippen molar-refractivity contribution in [2.45, 2.75) is 51.5 Å². The van der Waals surface area contributed by atoms with Gasteiger partial charge in [-0.2, -0.15) is 0 Å². The van der Waals surface area contributed by atoms with E-state index in [0.29, 0.717) is 22.8 Å². The number of carbonyl (C=O) groups is 1. The Morgan fingerprint density at radius 1 is 1.32 bits per heavy atom. The number of nitrogens with zero attached hydrogens (tertiary/aromatic N) is 2. The first-order chi connectivity index (χ1) is 12.1. The number of thiocarbonyl (C=S) groups is 1. The van der Waals surface area contributed by atoms with Crippen molar-refractivity contribution < 1.29 is 4.79 Å². The smallest absolute Gasteiger partial charge is 0.266 e. The Bertz CT molecular complexity index is 758. The van der Waals surface area contributed by atoms with Gasteiger partial charge in [-0.05, 0) is 55.5 Å². The molecule has 0 N–H and O–H groups in total. The fraction of sp³-hybridized carbons (Fsp3) is 0.500. The lowest BCUT2D eigenvalue weighted by atomic mass is 9.96. The molecule has 3 aliphatic rings. The maximum atomic E-state index is 12.6. The topological polar surface area (TPSA) is 23.6 Å². The first-order valence-corrected chi connectivity index (χ1v) is 10.5. The number of hydrogen-bond acceptors (Lipinski definition) is 4. The third-order valence-electron chi connectivity index (χ3n) is 5.60. The minimum atomic E-state index is 0.0614. The van der Waals surface area contributed by atoms with Crippen LogP contribution in [0, 0.1) is 0 Å². The third kappa shape index (κ3) is 2.81. The van der Waals surface area contributed by atoms with Gasteiger partial charge in [0.2, 0.25) is 0 Å². The highest BCUT2D eigenvalue weighted by Gasteiger charge is 2.40. The van der Waals surface area contributed by atoms with Crippen molar-refractivity contribution in [2.24, 2.45) is 0 Å². The monoisotopic (exact) mass is 372 g/mol. The fourth-order valence-corrected chi connectivity index (χ4v) is 5.86. The highest BCUT2D eigenvalue weighted by Crippen LogP contribution is 2.49. The first-order valence-electron chi connectivity index (χ1n) is 9.30. The molecule has 1 aromatic rings. The predicted octanol–water partition coefficient (Wildman–Crippen LogP) is 4.77. The summed E-state index contributed by atoms with van der Waals surface area (Å²) < 4.78 is 0.687. The van der Waals surface area contributed by atoms with Gasteiger partial charge in [0.1, 0.15) is 4.32 Å². The number of thioether (sulfide) groups is 1. The van der Waals surface area contributed by atoms with Gasteiger partial charge in [-0.1, -0.05) is 43.4 Å². The molecule has 1 saturated heterocycles. The molecule has 2 fully saturated rings. The minimum absolute atomic E-state index is 0.0614. The predicted molar refractivity (Wildman–Crippen MR) is 110 cm³/mol. The number of rotatable bonds is 4. The van der Waals surface area contributed by atoms with Gasteiger partial charge in [0.25, 0.3) is 5.91 Å². The molecule has 1 aromatic carbocycles. The number of likely N-dealkylation sites (N-methyl/N-ethyl adjacent to an activating group) is 1. The Morgan fingerprint density at radius 2 is 2.16 bits per heavy atom. The summed E-state index contributed by atoms with van der Waals surface area (Å²) in [6.45, 7) is 6.10. The Hall–Kier alpha value is -1.33. The van der Waals surface area contributed by atoms with Gasteiger partial charge in [0.05, 0.1) is 4.91 Å². The van der Waals surface area contributed by atoms with Crippen molar-refractivity contribution in [1.82, 2.24) is 4.90 Å². The van der Waals surface area contributed by atoms with E-state index in [2.05, 4.69) is 36.9 Å². The van der Waals surface area contributed by atoms with Crippen molar-refractivity contribution in [2.75, 3.05) is 18.0 Å². The zero-order valence-electron chi connectivity index (χ0n) is 14.8. The largest absolute Gasteiger partial charge is 0.368 e. The van der Waals surface area contributed by atoms with E-state index in [-0.39, 0.29) is 5.91 Å². The molecular formula is C20H24N2OS2. The van der Waals surface area contributed by atoms with Crippen LogP contribution in [0.15, 0.2) is 23.1 Å². The van der Waals surface area contributed by atoms with Gasteiger partial charge in [0.15, 0.2) is 0 Å². The summed E-state index contributed by atoms with van der Waals surface area (Å²) in [5, 5.41) is 0. The van der Waals surface area contributed by atoms with Crippen LogP contribution in [0.25, 0.3) is 6.08 Å². The van der Waals surface area contributed by atoms with E-state index in [4.69, 9.17) is 12.2 Å². The lowest BCUT2D eigenvalue weighted by Gasteiger charge is -2.25. The van der Waals surface area contributed by atoms with Crippen LogP contribution in [0.1, 0.15) is 56.6 Å². The molecule has 132 valence electrons. The first kappa shape index (κ1) is 17.1. The fourth-order valence-electron chi connectivity index (χ4n) is 4.55. The van der Waals surface area contributed by atoms with E-state index in [1.807, 2.05) is 6.08 Å². The molecule has 4 rings (SSSR count). The summed E-state index contributed by atoms with van der Waals surface area (Å²) in [7, 11) is 0. The highest BCUT2D eigenvalue weighted by molar-refractivity contribution is 8.26. The van der Waals surface area contributed by atoms with Gasteiger partial charge in [0, 0.05) is 30.7 Å². The Kier molecular flexibility index (Phi) is 4.63. The Balaban J connectivity index is 1.65. The van der Waals surface area contributed by atoms with Crippen LogP contribution in [-0.2, 0) is 4.79 Å². The average Bonchev–Trinajstić information content (AvgIpc) is 3.25. The van der Waals surface area contributed by atoms with Crippen LogP contribution in [0.4, 0.5) is 5.69 Å². The molecule has 5 heteroatoms. The number of anilines is 1. The van der Waals surface area contributed by atoms with Crippen LogP contribution < -0.4 is 4.90 Å².